The van der Waals surface area contributed by atoms with Gasteiger partial charge in [0, 0.05) is 17.4 Å². The van der Waals surface area contributed by atoms with E-state index in [1.54, 1.807) is 0 Å². The van der Waals surface area contributed by atoms with E-state index in [2.05, 4.69) is 15.3 Å². The zero-order chi connectivity index (χ0) is 13.0. The molecule has 3 N–H and O–H groups in total. The van der Waals surface area contributed by atoms with Crippen LogP contribution >= 0.6 is 0 Å². The summed E-state index contributed by atoms with van der Waals surface area (Å²) in [7, 11) is 0. The molecular formula is C13H16N4O. The summed E-state index contributed by atoms with van der Waals surface area (Å²) in [6.07, 6.45) is 0. The van der Waals surface area contributed by atoms with E-state index < -0.39 is 0 Å². The summed E-state index contributed by atoms with van der Waals surface area (Å²) < 4.78 is 5.38. The Balaban J connectivity index is 2.13. The number of anilines is 3. The van der Waals surface area contributed by atoms with Gasteiger partial charge in [-0.15, -0.1) is 0 Å². The topological polar surface area (TPSA) is 73.1 Å². The lowest BCUT2D eigenvalue weighted by Gasteiger charge is -2.08. The van der Waals surface area contributed by atoms with Crippen molar-refractivity contribution in [2.45, 2.75) is 13.8 Å². The summed E-state index contributed by atoms with van der Waals surface area (Å²) in [4.78, 5) is 8.13. The summed E-state index contributed by atoms with van der Waals surface area (Å²) in [5.74, 6) is 1.80. The van der Waals surface area contributed by atoms with Crippen molar-refractivity contribution in [2.24, 2.45) is 0 Å². The number of hydrogen-bond donors (Lipinski definition) is 2. The van der Waals surface area contributed by atoms with Gasteiger partial charge in [0.1, 0.15) is 11.6 Å². The Hall–Kier alpha value is -2.30. The van der Waals surface area contributed by atoms with Crippen molar-refractivity contribution in [3.05, 3.63) is 36.0 Å². The Morgan fingerprint density at radius 3 is 2.56 bits per heavy atom. The molecule has 1 aromatic carbocycles. The number of nitrogens with zero attached hydrogens (tertiary/aromatic N) is 2. The van der Waals surface area contributed by atoms with Crippen LogP contribution in [0.1, 0.15) is 12.6 Å². The van der Waals surface area contributed by atoms with Crippen LogP contribution in [0, 0.1) is 6.92 Å². The highest BCUT2D eigenvalue weighted by Crippen LogP contribution is 2.19. The van der Waals surface area contributed by atoms with Crippen molar-refractivity contribution in [2.75, 3.05) is 17.7 Å². The largest absolute Gasteiger partial charge is 0.494 e. The van der Waals surface area contributed by atoms with Gasteiger partial charge in [-0.05, 0) is 38.1 Å². The smallest absolute Gasteiger partial charge is 0.222 e. The third-order valence-electron chi connectivity index (χ3n) is 2.31. The molecule has 2 aromatic rings. The van der Waals surface area contributed by atoms with Crippen molar-refractivity contribution >= 4 is 17.5 Å². The van der Waals surface area contributed by atoms with Crippen LogP contribution in [0.3, 0.4) is 0 Å². The van der Waals surface area contributed by atoms with Gasteiger partial charge >= 0.3 is 0 Å². The second-order valence-corrected chi connectivity index (χ2v) is 3.84. The predicted molar refractivity (Wildman–Crippen MR) is 72.1 cm³/mol. The molecule has 18 heavy (non-hydrogen) atoms. The van der Waals surface area contributed by atoms with Crippen LogP contribution < -0.4 is 15.8 Å². The second-order valence-electron chi connectivity index (χ2n) is 3.84. The third-order valence-corrected chi connectivity index (χ3v) is 2.31. The summed E-state index contributed by atoms with van der Waals surface area (Å²) >= 11 is 0. The summed E-state index contributed by atoms with van der Waals surface area (Å²) in [5, 5.41) is 3.17. The molecule has 1 aromatic heterocycles. The van der Waals surface area contributed by atoms with Crippen molar-refractivity contribution in [3.63, 3.8) is 0 Å². The minimum Gasteiger partial charge on any atom is -0.494 e. The molecule has 2 rings (SSSR count). The summed E-state index contributed by atoms with van der Waals surface area (Å²) in [5.41, 5.74) is 7.35. The summed E-state index contributed by atoms with van der Waals surface area (Å²) in [6, 6.07) is 9.51. The number of ether oxygens (including phenoxy) is 1. The fraction of sp³-hybridized carbons (Fsp3) is 0.231. The lowest BCUT2D eigenvalue weighted by molar-refractivity contribution is 0.340. The maximum absolute atomic E-state index is 5.59. The van der Waals surface area contributed by atoms with Crippen molar-refractivity contribution < 1.29 is 4.74 Å². The molecule has 0 radical (unpaired) electrons. The van der Waals surface area contributed by atoms with E-state index in [1.165, 1.54) is 0 Å². The van der Waals surface area contributed by atoms with E-state index in [-0.39, 0.29) is 5.95 Å². The Labute approximate surface area is 106 Å². The van der Waals surface area contributed by atoms with Gasteiger partial charge < -0.3 is 15.8 Å². The van der Waals surface area contributed by atoms with Gasteiger partial charge in [0.15, 0.2) is 0 Å². The first-order chi connectivity index (χ1) is 8.67. The van der Waals surface area contributed by atoms with Gasteiger partial charge in [-0.3, -0.25) is 0 Å². The number of nitrogen functional groups attached to an aromatic ring is 1. The highest BCUT2D eigenvalue weighted by molar-refractivity contribution is 5.58. The number of nitrogens with two attached hydrogens (primary N) is 1. The molecule has 5 heteroatoms. The third kappa shape index (κ3) is 3.10. The van der Waals surface area contributed by atoms with E-state index in [0.29, 0.717) is 12.4 Å². The van der Waals surface area contributed by atoms with Crippen LogP contribution in [0.25, 0.3) is 0 Å². The molecule has 0 aliphatic heterocycles. The first-order valence-corrected chi connectivity index (χ1v) is 5.78. The quantitative estimate of drug-likeness (QED) is 0.864. The Morgan fingerprint density at radius 1 is 1.22 bits per heavy atom. The van der Waals surface area contributed by atoms with Crippen molar-refractivity contribution in [3.8, 4) is 5.75 Å². The fourth-order valence-corrected chi connectivity index (χ4v) is 1.60. The Kier molecular flexibility index (Phi) is 3.62. The Bertz CT molecular complexity index is 505. The highest BCUT2D eigenvalue weighted by Gasteiger charge is 2.00. The summed E-state index contributed by atoms with van der Waals surface area (Å²) in [6.45, 7) is 4.49. The molecule has 0 saturated heterocycles. The molecule has 0 aliphatic carbocycles. The average Bonchev–Trinajstić information content (AvgIpc) is 2.31. The molecule has 0 saturated carbocycles. The number of nitrogens with one attached hydrogen (secondary N) is 1. The van der Waals surface area contributed by atoms with Crippen molar-refractivity contribution in [1.29, 1.82) is 0 Å². The predicted octanol–water partition coefficient (Wildman–Crippen LogP) is 2.51. The van der Waals surface area contributed by atoms with E-state index in [4.69, 9.17) is 10.5 Å². The number of hydrogen-bond acceptors (Lipinski definition) is 5. The van der Waals surface area contributed by atoms with Crippen LogP contribution in [-0.4, -0.2) is 16.6 Å². The molecule has 0 amide bonds. The van der Waals surface area contributed by atoms with E-state index in [1.807, 2.05) is 44.2 Å². The zero-order valence-corrected chi connectivity index (χ0v) is 10.5. The highest BCUT2D eigenvalue weighted by atomic mass is 16.5. The van der Waals surface area contributed by atoms with Gasteiger partial charge in [0.25, 0.3) is 0 Å². The molecule has 0 unspecified atom stereocenters. The standard InChI is InChI=1S/C13H16N4O/c1-3-18-11-6-4-10(5-7-11)16-12-8-9(2)15-13(14)17-12/h4-8H,3H2,1-2H3,(H3,14,15,16,17). The van der Waals surface area contributed by atoms with Crippen LogP contribution in [0.4, 0.5) is 17.5 Å². The molecule has 0 aliphatic rings. The van der Waals surface area contributed by atoms with E-state index >= 15 is 0 Å². The normalized spacial score (nSPS) is 10.1. The molecular weight excluding hydrogens is 228 g/mol. The lowest BCUT2D eigenvalue weighted by Crippen LogP contribution is -2.01. The molecule has 0 atom stereocenters. The van der Waals surface area contributed by atoms with E-state index in [0.717, 1.165) is 17.1 Å². The molecule has 0 spiro atoms. The maximum atomic E-state index is 5.59. The minimum atomic E-state index is 0.267. The van der Waals surface area contributed by atoms with Crippen molar-refractivity contribution in [1.82, 2.24) is 9.97 Å². The van der Waals surface area contributed by atoms with Gasteiger partial charge in [0.2, 0.25) is 5.95 Å². The first-order valence-electron chi connectivity index (χ1n) is 5.78. The SMILES string of the molecule is CCOc1ccc(Nc2cc(C)nc(N)n2)cc1. The van der Waals surface area contributed by atoms with Gasteiger partial charge in [-0.25, -0.2) is 4.98 Å². The number of aryl methyl sites for hydroxylation is 1. The van der Waals surface area contributed by atoms with E-state index in [9.17, 15) is 0 Å². The monoisotopic (exact) mass is 244 g/mol. The molecule has 94 valence electrons. The second kappa shape index (κ2) is 5.35. The number of benzene rings is 1. The lowest BCUT2D eigenvalue weighted by atomic mass is 10.3. The number of aromatic nitrogens is 2. The van der Waals surface area contributed by atoms with Crippen LogP contribution in [0.5, 0.6) is 5.75 Å². The molecule has 1 heterocycles. The molecule has 5 nitrogen and oxygen atoms in total. The average molecular weight is 244 g/mol. The van der Waals surface area contributed by atoms with Crippen LogP contribution in [0.2, 0.25) is 0 Å². The maximum Gasteiger partial charge on any atom is 0.222 e. The van der Waals surface area contributed by atoms with Crippen LogP contribution in [0.15, 0.2) is 30.3 Å². The molecule has 0 fully saturated rings. The minimum absolute atomic E-state index is 0.267. The molecule has 0 bridgehead atoms. The van der Waals surface area contributed by atoms with Gasteiger partial charge in [-0.2, -0.15) is 4.98 Å². The van der Waals surface area contributed by atoms with Crippen LogP contribution in [-0.2, 0) is 0 Å². The van der Waals surface area contributed by atoms with Gasteiger partial charge in [-0.1, -0.05) is 0 Å². The first kappa shape index (κ1) is 12.2. The Morgan fingerprint density at radius 2 is 1.94 bits per heavy atom. The zero-order valence-electron chi connectivity index (χ0n) is 10.5. The van der Waals surface area contributed by atoms with Gasteiger partial charge in [0.05, 0.1) is 6.61 Å². The number of rotatable bonds is 4. The fourth-order valence-electron chi connectivity index (χ4n) is 1.60.